The third-order valence-electron chi connectivity index (χ3n) is 3.00. The van der Waals surface area contributed by atoms with Crippen LogP contribution in [0.2, 0.25) is 0 Å². The zero-order chi connectivity index (χ0) is 14.0. The van der Waals surface area contributed by atoms with Crippen molar-refractivity contribution in [2.75, 3.05) is 6.54 Å². The summed E-state index contributed by atoms with van der Waals surface area (Å²) in [6.07, 6.45) is 1.72. The summed E-state index contributed by atoms with van der Waals surface area (Å²) >= 11 is 2.07. The lowest BCUT2D eigenvalue weighted by Gasteiger charge is -2.22. The first-order chi connectivity index (χ1) is 8.99. The van der Waals surface area contributed by atoms with Crippen LogP contribution in [0.5, 0.6) is 5.75 Å². The minimum atomic E-state index is -0.926. The van der Waals surface area contributed by atoms with E-state index in [1.807, 2.05) is 0 Å². The summed E-state index contributed by atoms with van der Waals surface area (Å²) in [5, 5.41) is 18.5. The van der Waals surface area contributed by atoms with Gasteiger partial charge in [0.05, 0.1) is 12.0 Å². The maximum atomic E-state index is 12.4. The van der Waals surface area contributed by atoms with Gasteiger partial charge in [-0.15, -0.1) is 0 Å². The number of benzene rings is 1. The quantitative estimate of drug-likeness (QED) is 0.773. The molecule has 0 radical (unpaired) electrons. The molecule has 2 rings (SSSR count). The van der Waals surface area contributed by atoms with Crippen LogP contribution in [0.1, 0.15) is 29.6 Å². The van der Waals surface area contributed by atoms with Gasteiger partial charge in [-0.05, 0) is 53.6 Å². The molecule has 0 saturated heterocycles. The fourth-order valence-electron chi connectivity index (χ4n) is 1.89. The number of amides is 1. The maximum Gasteiger partial charge on any atom is 0.305 e. The van der Waals surface area contributed by atoms with Crippen molar-refractivity contribution in [3.05, 3.63) is 27.3 Å². The molecule has 1 aromatic rings. The first-order valence-corrected chi connectivity index (χ1v) is 7.08. The SMILES string of the molecule is O=C(O)CCN(C(=O)c1cc(I)ccc1O)C1CC1. The third-order valence-corrected chi connectivity index (χ3v) is 3.68. The highest BCUT2D eigenvalue weighted by Crippen LogP contribution is 2.30. The van der Waals surface area contributed by atoms with Crippen molar-refractivity contribution in [3.63, 3.8) is 0 Å². The van der Waals surface area contributed by atoms with Crippen molar-refractivity contribution in [1.82, 2.24) is 4.90 Å². The van der Waals surface area contributed by atoms with E-state index in [9.17, 15) is 14.7 Å². The van der Waals surface area contributed by atoms with Crippen LogP contribution >= 0.6 is 22.6 Å². The first-order valence-electron chi connectivity index (χ1n) is 6.00. The summed E-state index contributed by atoms with van der Waals surface area (Å²) in [4.78, 5) is 24.6. The number of hydrogen-bond donors (Lipinski definition) is 2. The average molecular weight is 375 g/mol. The van der Waals surface area contributed by atoms with Gasteiger partial charge in [0.2, 0.25) is 0 Å². The van der Waals surface area contributed by atoms with Crippen molar-refractivity contribution < 1.29 is 19.8 Å². The molecule has 0 unspecified atom stereocenters. The van der Waals surface area contributed by atoms with Crippen LogP contribution < -0.4 is 0 Å². The molecule has 1 aliphatic rings. The lowest BCUT2D eigenvalue weighted by atomic mass is 10.1. The van der Waals surface area contributed by atoms with Crippen LogP contribution in [0, 0.1) is 3.57 Å². The molecule has 19 heavy (non-hydrogen) atoms. The number of carboxylic acid groups (broad SMARTS) is 1. The third kappa shape index (κ3) is 3.59. The summed E-state index contributed by atoms with van der Waals surface area (Å²) in [6.45, 7) is 0.184. The fraction of sp³-hybridized carbons (Fsp3) is 0.385. The number of aromatic hydroxyl groups is 1. The Kier molecular flexibility index (Phi) is 4.28. The number of carbonyl (C=O) groups excluding carboxylic acids is 1. The number of nitrogens with zero attached hydrogens (tertiary/aromatic N) is 1. The van der Waals surface area contributed by atoms with E-state index < -0.39 is 5.97 Å². The highest BCUT2D eigenvalue weighted by atomic mass is 127. The molecule has 1 aliphatic carbocycles. The van der Waals surface area contributed by atoms with Gasteiger partial charge in [-0.1, -0.05) is 0 Å². The molecule has 0 heterocycles. The van der Waals surface area contributed by atoms with Gasteiger partial charge >= 0.3 is 5.97 Å². The Bertz CT molecular complexity index is 513. The maximum absolute atomic E-state index is 12.4. The van der Waals surface area contributed by atoms with E-state index in [1.165, 1.54) is 6.07 Å². The Hall–Kier alpha value is -1.31. The molecule has 1 amide bonds. The molecular weight excluding hydrogens is 361 g/mol. The standard InChI is InChI=1S/C13H14INO4/c14-8-1-4-11(16)10(7-8)13(19)15(9-2-3-9)6-5-12(17)18/h1,4,7,9,16H,2-3,5-6H2,(H,17,18). The Balaban J connectivity index is 2.18. The van der Waals surface area contributed by atoms with Gasteiger partial charge in [0.25, 0.3) is 5.91 Å². The van der Waals surface area contributed by atoms with E-state index in [0.29, 0.717) is 0 Å². The molecule has 6 heteroatoms. The number of carboxylic acids is 1. The number of halogens is 1. The highest BCUT2D eigenvalue weighted by molar-refractivity contribution is 14.1. The number of phenols is 1. The lowest BCUT2D eigenvalue weighted by molar-refractivity contribution is -0.137. The van der Waals surface area contributed by atoms with Crippen molar-refractivity contribution in [1.29, 1.82) is 0 Å². The van der Waals surface area contributed by atoms with Crippen LogP contribution in [-0.2, 0) is 4.79 Å². The van der Waals surface area contributed by atoms with E-state index in [-0.39, 0.29) is 36.2 Å². The fourth-order valence-corrected chi connectivity index (χ4v) is 2.38. The Labute approximate surface area is 124 Å². The normalized spacial score (nSPS) is 14.2. The van der Waals surface area contributed by atoms with Gasteiger partial charge in [0.15, 0.2) is 0 Å². The molecule has 1 fully saturated rings. The number of rotatable bonds is 5. The minimum Gasteiger partial charge on any atom is -0.507 e. The lowest BCUT2D eigenvalue weighted by Crippen LogP contribution is -2.35. The summed E-state index contributed by atoms with van der Waals surface area (Å²) in [7, 11) is 0. The van der Waals surface area contributed by atoms with E-state index in [1.54, 1.807) is 17.0 Å². The zero-order valence-electron chi connectivity index (χ0n) is 10.2. The van der Waals surface area contributed by atoms with Crippen molar-refractivity contribution in [2.45, 2.75) is 25.3 Å². The van der Waals surface area contributed by atoms with Crippen molar-refractivity contribution >= 4 is 34.5 Å². The molecule has 102 valence electrons. The number of carbonyl (C=O) groups is 2. The van der Waals surface area contributed by atoms with E-state index in [0.717, 1.165) is 16.4 Å². The number of phenolic OH excluding ortho intramolecular Hbond substituents is 1. The van der Waals surface area contributed by atoms with Crippen molar-refractivity contribution in [2.24, 2.45) is 0 Å². The predicted octanol–water partition coefficient (Wildman–Crippen LogP) is 2.08. The van der Waals surface area contributed by atoms with Crippen molar-refractivity contribution in [3.8, 4) is 5.75 Å². The monoisotopic (exact) mass is 375 g/mol. The minimum absolute atomic E-state index is 0.0635. The molecule has 0 spiro atoms. The molecule has 0 aliphatic heterocycles. The van der Waals surface area contributed by atoms with Crippen LogP contribution in [0.15, 0.2) is 18.2 Å². The molecule has 5 nitrogen and oxygen atoms in total. The van der Waals surface area contributed by atoms with E-state index in [4.69, 9.17) is 5.11 Å². The van der Waals surface area contributed by atoms with Crippen LogP contribution in [0.3, 0.4) is 0 Å². The topological polar surface area (TPSA) is 77.8 Å². The Morgan fingerprint density at radius 2 is 2.05 bits per heavy atom. The summed E-state index contributed by atoms with van der Waals surface area (Å²) in [5.74, 6) is -1.28. The van der Waals surface area contributed by atoms with Gasteiger partial charge in [0.1, 0.15) is 5.75 Å². The Morgan fingerprint density at radius 1 is 1.37 bits per heavy atom. The van der Waals surface area contributed by atoms with Gasteiger partial charge in [-0.2, -0.15) is 0 Å². The van der Waals surface area contributed by atoms with Crippen LogP contribution in [-0.4, -0.2) is 39.6 Å². The second kappa shape index (κ2) is 5.77. The largest absolute Gasteiger partial charge is 0.507 e. The Morgan fingerprint density at radius 3 is 2.63 bits per heavy atom. The smallest absolute Gasteiger partial charge is 0.305 e. The number of hydrogen-bond acceptors (Lipinski definition) is 3. The second-order valence-electron chi connectivity index (χ2n) is 4.53. The molecule has 0 bridgehead atoms. The highest BCUT2D eigenvalue weighted by Gasteiger charge is 2.34. The summed E-state index contributed by atoms with van der Waals surface area (Å²) < 4.78 is 0.854. The summed E-state index contributed by atoms with van der Waals surface area (Å²) in [5.41, 5.74) is 0.240. The summed E-state index contributed by atoms with van der Waals surface area (Å²) in [6, 6.07) is 4.93. The van der Waals surface area contributed by atoms with Crippen LogP contribution in [0.25, 0.3) is 0 Å². The zero-order valence-corrected chi connectivity index (χ0v) is 12.3. The van der Waals surface area contributed by atoms with Gasteiger partial charge < -0.3 is 15.1 Å². The molecule has 0 atom stereocenters. The van der Waals surface area contributed by atoms with Gasteiger partial charge in [-0.25, -0.2) is 0 Å². The van der Waals surface area contributed by atoms with E-state index >= 15 is 0 Å². The van der Waals surface area contributed by atoms with Crippen LogP contribution in [0.4, 0.5) is 0 Å². The molecule has 2 N–H and O–H groups in total. The molecule has 1 saturated carbocycles. The predicted molar refractivity (Wildman–Crippen MR) is 77.1 cm³/mol. The number of aliphatic carboxylic acids is 1. The van der Waals surface area contributed by atoms with Gasteiger partial charge in [-0.3, -0.25) is 9.59 Å². The average Bonchev–Trinajstić information content (AvgIpc) is 3.16. The molecule has 0 aromatic heterocycles. The molecule has 1 aromatic carbocycles. The first kappa shape index (κ1) is 14.1. The second-order valence-corrected chi connectivity index (χ2v) is 5.78. The molecular formula is C13H14INO4. The van der Waals surface area contributed by atoms with E-state index in [2.05, 4.69) is 22.6 Å². The van der Waals surface area contributed by atoms with Gasteiger partial charge in [0, 0.05) is 16.2 Å².